The maximum atomic E-state index is 8.93. The predicted molar refractivity (Wildman–Crippen MR) is 514 cm³/mol. The van der Waals surface area contributed by atoms with Gasteiger partial charge in [0.15, 0.2) is 0 Å². The molecule has 1 nitrogen and oxygen atoms in total. The zero-order chi connectivity index (χ0) is 74.8. The monoisotopic (exact) mass is 1510 g/mol. The fourth-order valence-corrected chi connectivity index (χ4v) is 15.9. The summed E-state index contributed by atoms with van der Waals surface area (Å²) in [6.45, 7) is 30.6. The van der Waals surface area contributed by atoms with Crippen LogP contribution in [0.5, 0.6) is 0 Å². The van der Waals surface area contributed by atoms with Gasteiger partial charge in [-0.15, -0.1) is 0 Å². The van der Waals surface area contributed by atoms with Crippen molar-refractivity contribution in [3.63, 3.8) is 0 Å². The van der Waals surface area contributed by atoms with Crippen molar-refractivity contribution in [2.24, 2.45) is 0 Å². The quantitative estimate of drug-likeness (QED) is 0.100. The molecule has 0 N–H and O–H groups in total. The molecular formula is C113H139N. The highest BCUT2D eigenvalue weighted by molar-refractivity contribution is 5.90. The molecule has 0 amide bonds. The lowest BCUT2D eigenvalue weighted by atomic mass is 9.93. The molecule has 0 aliphatic heterocycles. The Bertz CT molecular complexity index is 5500. The Hall–Kier alpha value is -10.9. The number of nitrogens with zero attached hydrogens (tertiary/aromatic N) is 1. The molecule has 0 spiro atoms. The second kappa shape index (κ2) is 46.3. The molecule has 0 aliphatic carbocycles. The second-order valence-electron chi connectivity index (χ2n) is 30.0. The highest BCUT2D eigenvalue weighted by atomic mass is 14.2. The zero-order valence-corrected chi connectivity index (χ0v) is 65.5. The molecule has 0 radical (unpaired) electrons. The van der Waals surface area contributed by atoms with Gasteiger partial charge in [0.25, 0.3) is 0 Å². The predicted octanol–water partition coefficient (Wildman–Crippen LogP) is 32.6. The van der Waals surface area contributed by atoms with Crippen LogP contribution in [0.3, 0.4) is 0 Å². The van der Waals surface area contributed by atoms with Gasteiger partial charge in [-0.25, -0.2) is 0 Å². The molecule has 0 saturated carbocycles. The number of benzene rings is 15. The average molecular weight is 1510 g/mol. The first-order chi connectivity index (χ1) is 51.2. The molecular weight excluding hydrogens is 1370 g/mol. The van der Waals surface area contributed by atoms with E-state index in [4.69, 9.17) is 5.26 Å². The number of rotatable bonds is 15. The van der Waals surface area contributed by atoms with Gasteiger partial charge in [0.1, 0.15) is 0 Å². The first kappa shape index (κ1) is 97.3. The van der Waals surface area contributed by atoms with Gasteiger partial charge in [0.2, 0.25) is 0 Å². The van der Waals surface area contributed by atoms with Gasteiger partial charge in [-0.3, -0.25) is 0 Å². The van der Waals surface area contributed by atoms with Crippen LogP contribution in [0.2, 0.25) is 0 Å². The molecule has 15 aromatic rings. The molecule has 596 valence electrons. The Morgan fingerprint density at radius 1 is 0.202 bits per heavy atom. The van der Waals surface area contributed by atoms with Crippen LogP contribution in [-0.4, -0.2) is 0 Å². The van der Waals surface area contributed by atoms with E-state index in [9.17, 15) is 0 Å². The highest BCUT2D eigenvalue weighted by Gasteiger charge is 2.11. The van der Waals surface area contributed by atoms with Crippen molar-refractivity contribution >= 4 is 53.9 Å². The molecule has 0 aromatic heterocycles. The van der Waals surface area contributed by atoms with Crippen molar-refractivity contribution in [2.45, 2.75) is 221 Å². The summed E-state index contributed by atoms with van der Waals surface area (Å²) in [5, 5.41) is 22.2. The third-order valence-corrected chi connectivity index (χ3v) is 20.4. The van der Waals surface area contributed by atoms with Crippen LogP contribution in [0, 0.1) is 80.6 Å². The van der Waals surface area contributed by atoms with E-state index in [0.717, 1.165) is 63.4 Å². The third-order valence-electron chi connectivity index (χ3n) is 20.4. The maximum Gasteiger partial charge on any atom is 0.0669 e. The molecule has 1 heteroatoms. The minimum absolute atomic E-state index is 0. The topological polar surface area (TPSA) is 23.8 Å². The molecule has 0 unspecified atom stereocenters. The van der Waals surface area contributed by atoms with Crippen LogP contribution in [0.4, 0.5) is 0 Å². The van der Waals surface area contributed by atoms with Crippen LogP contribution >= 0.6 is 0 Å². The third kappa shape index (κ3) is 26.9. The number of nitriles is 1. The van der Waals surface area contributed by atoms with Crippen LogP contribution < -0.4 is 0 Å². The van der Waals surface area contributed by atoms with Crippen molar-refractivity contribution in [1.29, 1.82) is 5.26 Å². The Morgan fingerprint density at radius 3 is 0.886 bits per heavy atom. The smallest absolute Gasteiger partial charge is 0.0669 e. The lowest BCUT2D eigenvalue weighted by molar-refractivity contribution is 1.06. The molecule has 0 bridgehead atoms. The van der Waals surface area contributed by atoms with Crippen molar-refractivity contribution in [3.05, 3.63) is 412 Å². The maximum absolute atomic E-state index is 8.93. The molecule has 15 rings (SSSR count). The van der Waals surface area contributed by atoms with Gasteiger partial charge in [0, 0.05) is 0 Å². The molecule has 114 heavy (non-hydrogen) atoms. The number of aryl methyl sites for hydroxylation is 14. The zero-order valence-electron chi connectivity index (χ0n) is 65.5. The minimum Gasteiger partial charge on any atom is -0.198 e. The first-order valence-electron chi connectivity index (χ1n) is 38.5. The summed E-state index contributed by atoms with van der Waals surface area (Å²) < 4.78 is 0. The SMILES string of the molecule is C.C.C.C.C.C.C.C.CCc1cc2ccccc2cc1Cc1cc(C)cc(C)c1.CCc1ccc2cc(Cc3cc(C)cc(C)c3)ccc2c1.CCc1ccc2ccc(Cc3cc(C)cc(C)c3)cc2c1.CCc1cccc2cccc(Cc3cc(C)cc(C)c3)c12.Cc1cc(C)cc(Cc2ccc3c(CC#N)cccc3c2)c1. The fourth-order valence-electron chi connectivity index (χ4n) is 15.9. The largest absolute Gasteiger partial charge is 0.198 e. The summed E-state index contributed by atoms with van der Waals surface area (Å²) in [4.78, 5) is 0. The molecule has 0 atom stereocenters. The number of hydrogen-bond acceptors (Lipinski definition) is 1. The number of hydrogen-bond donors (Lipinski definition) is 0. The van der Waals surface area contributed by atoms with Gasteiger partial charge >= 0.3 is 0 Å². The van der Waals surface area contributed by atoms with E-state index in [0.29, 0.717) is 6.42 Å². The van der Waals surface area contributed by atoms with E-state index in [1.165, 1.54) is 187 Å². The Labute approximate surface area is 693 Å². The van der Waals surface area contributed by atoms with E-state index in [-0.39, 0.29) is 59.4 Å². The van der Waals surface area contributed by atoms with Crippen molar-refractivity contribution < 1.29 is 0 Å². The van der Waals surface area contributed by atoms with Crippen molar-refractivity contribution in [2.75, 3.05) is 0 Å². The molecule has 0 aliphatic rings. The summed E-state index contributed by atoms with van der Waals surface area (Å²) in [5.74, 6) is 0. The van der Waals surface area contributed by atoms with Crippen molar-refractivity contribution in [1.82, 2.24) is 0 Å². The number of fused-ring (bicyclic) bond motifs is 5. The standard InChI is InChI=1S/C21H19N.4C21H22.8CH4/c1-15-10-16(2)12-18(11-15)13-17-6-7-21-19(8-9-22)4-3-5-20(21)14-17;1-4-17-5-7-21-14-18(6-8-20(21)13-17)12-19-10-15(2)9-16(3)11-19;1-4-17-5-7-20-8-6-18(14-21(20)13-17)12-19-10-15(2)9-16(3)11-19;1-4-18-7-5-8-19-9-6-10-20(21(18)19)14-17-12-15(2)11-16(3)13-17;1-4-18-13-19-7-5-6-8-20(19)14-21(18)12-17-10-15(2)9-16(3)11-17;;;;;;;;/h3-7,10-12,14H,8,13H2,1-2H3;2*5-11,13-14H,4,12H2,1-3H3;5-13H,4,14H2,1-3H3;5-11,13-14H,4,12H2,1-3H3;8*1H4. The average Bonchev–Trinajstić information content (AvgIpc) is 0.810. The van der Waals surface area contributed by atoms with Gasteiger partial charge in [-0.1, -0.05) is 416 Å². The van der Waals surface area contributed by atoms with Gasteiger partial charge in [-0.05, 0) is 264 Å². The summed E-state index contributed by atoms with van der Waals surface area (Å²) in [7, 11) is 0. The van der Waals surface area contributed by atoms with Crippen LogP contribution in [0.1, 0.15) is 226 Å². The van der Waals surface area contributed by atoms with Crippen LogP contribution in [-0.2, 0) is 64.2 Å². The van der Waals surface area contributed by atoms with Gasteiger partial charge < -0.3 is 0 Å². The Balaban J connectivity index is 0.000000363. The summed E-state index contributed by atoms with van der Waals surface area (Å²) in [6.07, 6.45) is 9.83. The van der Waals surface area contributed by atoms with E-state index in [1.54, 1.807) is 0 Å². The van der Waals surface area contributed by atoms with Crippen LogP contribution in [0.25, 0.3) is 53.9 Å². The second-order valence-corrected chi connectivity index (χ2v) is 30.0. The summed E-state index contributed by atoms with van der Waals surface area (Å²) in [5.41, 5.74) is 34.2. The minimum atomic E-state index is 0. The van der Waals surface area contributed by atoms with Gasteiger partial charge in [-0.2, -0.15) is 5.26 Å². The molecule has 0 heterocycles. The Kier molecular flexibility index (Phi) is 39.5. The van der Waals surface area contributed by atoms with E-state index in [2.05, 4.69) is 364 Å². The molecule has 15 aromatic carbocycles. The van der Waals surface area contributed by atoms with Gasteiger partial charge in [0.05, 0.1) is 12.5 Å². The van der Waals surface area contributed by atoms with Crippen LogP contribution in [0.15, 0.2) is 273 Å². The normalized spacial score (nSPS) is 10.1. The highest BCUT2D eigenvalue weighted by Crippen LogP contribution is 2.30. The fraction of sp³-hybridized carbons (Fsp3) is 0.283. The van der Waals surface area contributed by atoms with E-state index < -0.39 is 0 Å². The van der Waals surface area contributed by atoms with E-state index >= 15 is 0 Å². The summed E-state index contributed by atoms with van der Waals surface area (Å²) >= 11 is 0. The lowest BCUT2D eigenvalue weighted by Crippen LogP contribution is -1.96. The Morgan fingerprint density at radius 2 is 0.491 bits per heavy atom. The van der Waals surface area contributed by atoms with Crippen molar-refractivity contribution in [3.8, 4) is 6.07 Å². The summed E-state index contributed by atoms with van der Waals surface area (Å²) in [6, 6.07) is 103. The first-order valence-corrected chi connectivity index (χ1v) is 38.5. The van der Waals surface area contributed by atoms with E-state index in [1.807, 2.05) is 12.1 Å². The lowest BCUT2D eigenvalue weighted by Gasteiger charge is -2.12. The molecule has 0 saturated heterocycles. The molecule has 0 fully saturated rings.